The lowest BCUT2D eigenvalue weighted by Gasteiger charge is -2.28. The van der Waals surface area contributed by atoms with E-state index in [1.165, 1.54) is 0 Å². The van der Waals surface area contributed by atoms with Crippen molar-refractivity contribution in [3.05, 3.63) is 35.2 Å². The van der Waals surface area contributed by atoms with Crippen molar-refractivity contribution < 1.29 is 4.74 Å². The van der Waals surface area contributed by atoms with Gasteiger partial charge in [0, 0.05) is 38.2 Å². The number of hydrogen-bond acceptors (Lipinski definition) is 3. The molecule has 20 heavy (non-hydrogen) atoms. The van der Waals surface area contributed by atoms with Crippen molar-refractivity contribution in [1.29, 1.82) is 0 Å². The fourth-order valence-corrected chi connectivity index (χ4v) is 2.92. The van der Waals surface area contributed by atoms with Crippen LogP contribution in [0.5, 0.6) is 0 Å². The smallest absolute Gasteiger partial charge is 0.137 e. The Balaban J connectivity index is 1.61. The lowest BCUT2D eigenvalue weighted by molar-refractivity contribution is 0.0557. The summed E-state index contributed by atoms with van der Waals surface area (Å²) in [5.74, 6) is 0.704. The van der Waals surface area contributed by atoms with Crippen LogP contribution < -0.4 is 5.32 Å². The lowest BCUT2D eigenvalue weighted by atomic mass is 9.93. The zero-order chi connectivity index (χ0) is 13.9. The maximum absolute atomic E-state index is 5.98. The van der Waals surface area contributed by atoms with Gasteiger partial charge in [-0.1, -0.05) is 11.6 Å². The van der Waals surface area contributed by atoms with Crippen LogP contribution in [0.15, 0.2) is 24.5 Å². The van der Waals surface area contributed by atoms with Gasteiger partial charge in [-0.2, -0.15) is 0 Å². The van der Waals surface area contributed by atoms with Gasteiger partial charge in [-0.3, -0.25) is 0 Å². The molecule has 1 aliphatic rings. The van der Waals surface area contributed by atoms with E-state index in [1.54, 1.807) is 0 Å². The number of nitrogens with zero attached hydrogens (tertiary/aromatic N) is 2. The van der Waals surface area contributed by atoms with Gasteiger partial charge in [-0.25, -0.2) is 4.98 Å². The van der Waals surface area contributed by atoms with E-state index in [1.807, 2.05) is 28.9 Å². The number of imidazole rings is 1. The first-order valence-electron chi connectivity index (χ1n) is 7.16. The van der Waals surface area contributed by atoms with Gasteiger partial charge in [0.1, 0.15) is 5.65 Å². The molecule has 0 spiro atoms. The van der Waals surface area contributed by atoms with E-state index in [0.717, 1.165) is 49.0 Å². The van der Waals surface area contributed by atoms with Crippen LogP contribution >= 0.6 is 11.6 Å². The van der Waals surface area contributed by atoms with Gasteiger partial charge in [0.2, 0.25) is 0 Å². The number of aromatic nitrogens is 2. The van der Waals surface area contributed by atoms with Crippen LogP contribution in [0.3, 0.4) is 0 Å². The predicted octanol–water partition coefficient (Wildman–Crippen LogP) is 2.89. The third-order valence-electron chi connectivity index (χ3n) is 4.04. The molecule has 1 fully saturated rings. The molecule has 0 saturated carbocycles. The normalized spacial score (nSPS) is 18.5. The summed E-state index contributed by atoms with van der Waals surface area (Å²) in [7, 11) is 0. The molecule has 108 valence electrons. The number of fused-ring (bicyclic) bond motifs is 1. The van der Waals surface area contributed by atoms with Crippen LogP contribution in [0.1, 0.15) is 25.5 Å². The molecule has 4 nitrogen and oxygen atoms in total. The van der Waals surface area contributed by atoms with Crippen LogP contribution in [0, 0.1) is 5.92 Å². The topological polar surface area (TPSA) is 38.6 Å². The molecule has 0 amide bonds. The molecule has 2 aromatic rings. The largest absolute Gasteiger partial charge is 0.381 e. The standard InChI is InChI=1S/C15H20ClN3O/c1-11(12-4-6-20-7-5-12)17-8-14-10-19-9-13(16)2-3-15(19)18-14/h2-3,9-12,17H,4-8H2,1H3. The number of nitrogens with one attached hydrogen (secondary N) is 1. The number of halogens is 1. The Morgan fingerprint density at radius 2 is 2.20 bits per heavy atom. The first kappa shape index (κ1) is 13.9. The quantitative estimate of drug-likeness (QED) is 0.942. The average molecular weight is 294 g/mol. The summed E-state index contributed by atoms with van der Waals surface area (Å²) in [4.78, 5) is 4.59. The summed E-state index contributed by atoms with van der Waals surface area (Å²) in [6, 6.07) is 4.30. The van der Waals surface area contributed by atoms with Gasteiger partial charge in [0.05, 0.1) is 10.7 Å². The van der Waals surface area contributed by atoms with Crippen molar-refractivity contribution in [3.8, 4) is 0 Å². The molecule has 1 saturated heterocycles. The van der Waals surface area contributed by atoms with Crippen molar-refractivity contribution in [3.63, 3.8) is 0 Å². The van der Waals surface area contributed by atoms with Crippen molar-refractivity contribution in [2.45, 2.75) is 32.4 Å². The Labute approximate surface area is 124 Å². The molecule has 0 radical (unpaired) electrons. The van der Waals surface area contributed by atoms with E-state index in [4.69, 9.17) is 16.3 Å². The highest BCUT2D eigenvalue weighted by molar-refractivity contribution is 6.30. The Morgan fingerprint density at radius 1 is 1.40 bits per heavy atom. The van der Waals surface area contributed by atoms with E-state index in [0.29, 0.717) is 12.0 Å². The van der Waals surface area contributed by atoms with Gasteiger partial charge in [-0.15, -0.1) is 0 Å². The summed E-state index contributed by atoms with van der Waals surface area (Å²) in [6.07, 6.45) is 6.21. The lowest BCUT2D eigenvalue weighted by Crippen LogP contribution is -2.36. The maximum atomic E-state index is 5.98. The molecule has 0 aromatic carbocycles. The van der Waals surface area contributed by atoms with Crippen molar-refractivity contribution in [2.24, 2.45) is 5.92 Å². The fourth-order valence-electron chi connectivity index (χ4n) is 2.75. The van der Waals surface area contributed by atoms with Gasteiger partial charge in [0.25, 0.3) is 0 Å². The van der Waals surface area contributed by atoms with Gasteiger partial charge in [-0.05, 0) is 37.8 Å². The second-order valence-corrected chi connectivity index (χ2v) is 5.90. The van der Waals surface area contributed by atoms with Crippen LogP contribution in [0.2, 0.25) is 5.02 Å². The minimum Gasteiger partial charge on any atom is -0.381 e. The van der Waals surface area contributed by atoms with Gasteiger partial charge < -0.3 is 14.5 Å². The highest BCUT2D eigenvalue weighted by atomic mass is 35.5. The number of pyridine rings is 1. The number of rotatable bonds is 4. The van der Waals surface area contributed by atoms with E-state index in [2.05, 4.69) is 17.2 Å². The summed E-state index contributed by atoms with van der Waals surface area (Å²) in [5, 5.41) is 4.31. The monoisotopic (exact) mass is 293 g/mol. The summed E-state index contributed by atoms with van der Waals surface area (Å²) >= 11 is 5.98. The van der Waals surface area contributed by atoms with Crippen LogP contribution in [0.25, 0.3) is 5.65 Å². The van der Waals surface area contributed by atoms with E-state index >= 15 is 0 Å². The number of hydrogen-bond donors (Lipinski definition) is 1. The Bertz CT molecular complexity index is 578. The predicted molar refractivity (Wildman–Crippen MR) is 80.0 cm³/mol. The molecule has 3 heterocycles. The van der Waals surface area contributed by atoms with Gasteiger partial charge >= 0.3 is 0 Å². The molecule has 1 unspecified atom stereocenters. The van der Waals surface area contributed by atoms with Crippen molar-refractivity contribution >= 4 is 17.2 Å². The van der Waals surface area contributed by atoms with E-state index in [-0.39, 0.29) is 0 Å². The zero-order valence-electron chi connectivity index (χ0n) is 11.7. The highest BCUT2D eigenvalue weighted by Crippen LogP contribution is 2.19. The summed E-state index contributed by atoms with van der Waals surface area (Å²) in [5.41, 5.74) is 1.98. The molecular formula is C15H20ClN3O. The molecular weight excluding hydrogens is 274 g/mol. The van der Waals surface area contributed by atoms with Crippen molar-refractivity contribution in [2.75, 3.05) is 13.2 Å². The zero-order valence-corrected chi connectivity index (χ0v) is 12.4. The molecule has 3 rings (SSSR count). The van der Waals surface area contributed by atoms with Crippen LogP contribution in [-0.2, 0) is 11.3 Å². The molecule has 1 N–H and O–H groups in total. The molecule has 1 aliphatic heterocycles. The molecule has 0 bridgehead atoms. The highest BCUT2D eigenvalue weighted by Gasteiger charge is 2.20. The summed E-state index contributed by atoms with van der Waals surface area (Å²) < 4.78 is 7.38. The SMILES string of the molecule is CC(NCc1cn2cc(Cl)ccc2n1)C1CCOCC1. The molecule has 0 aliphatic carbocycles. The maximum Gasteiger partial charge on any atom is 0.137 e. The summed E-state index contributed by atoms with van der Waals surface area (Å²) in [6.45, 7) is 4.83. The average Bonchev–Trinajstić information content (AvgIpc) is 2.87. The molecule has 5 heteroatoms. The molecule has 1 atom stereocenters. The van der Waals surface area contributed by atoms with E-state index < -0.39 is 0 Å². The second-order valence-electron chi connectivity index (χ2n) is 5.46. The fraction of sp³-hybridized carbons (Fsp3) is 0.533. The Hall–Kier alpha value is -1.10. The second kappa shape index (κ2) is 6.12. The minimum absolute atomic E-state index is 0.493. The van der Waals surface area contributed by atoms with E-state index in [9.17, 15) is 0 Å². The minimum atomic E-state index is 0.493. The third-order valence-corrected chi connectivity index (χ3v) is 4.27. The Kier molecular flexibility index (Phi) is 4.24. The first-order valence-corrected chi connectivity index (χ1v) is 7.54. The van der Waals surface area contributed by atoms with Gasteiger partial charge in [0.15, 0.2) is 0 Å². The Morgan fingerprint density at radius 3 is 3.00 bits per heavy atom. The molecule has 2 aromatic heterocycles. The third kappa shape index (κ3) is 3.14. The first-order chi connectivity index (χ1) is 9.72. The van der Waals surface area contributed by atoms with Crippen LogP contribution in [-0.4, -0.2) is 28.6 Å². The van der Waals surface area contributed by atoms with Crippen LogP contribution in [0.4, 0.5) is 0 Å². The number of ether oxygens (including phenoxy) is 1. The van der Waals surface area contributed by atoms with Crippen molar-refractivity contribution in [1.82, 2.24) is 14.7 Å².